The van der Waals surface area contributed by atoms with Gasteiger partial charge in [-0.05, 0) is 79.6 Å². The lowest BCUT2D eigenvalue weighted by Gasteiger charge is -2.27. The standard InChI is InChI=1S/C31H35N5O4S/c1-4-36-28-14-13-25(21(3)31(28)32-33-36)26(17-30(37)38)22-12-11-20(2)23(16-22)18-34-19-24-8-7-15-35(24)27-9-5-6-10-29(27)41(34,39)40/h5-6,9-14,16,24,26H,4,7-8,15,17-19H2,1-3H3,(H,37,38)/t24-,26-/m0/s1. The summed E-state index contributed by atoms with van der Waals surface area (Å²) in [5.74, 6) is -1.32. The van der Waals surface area contributed by atoms with Crippen LogP contribution in [0.25, 0.3) is 11.0 Å². The molecule has 2 aliphatic rings. The fourth-order valence-corrected chi connectivity index (χ4v) is 8.18. The van der Waals surface area contributed by atoms with Gasteiger partial charge in [0, 0.05) is 38.1 Å². The third kappa shape index (κ3) is 4.78. The average Bonchev–Trinajstić information content (AvgIpc) is 3.58. The van der Waals surface area contributed by atoms with Crippen molar-refractivity contribution in [3.8, 4) is 0 Å². The van der Waals surface area contributed by atoms with Crippen LogP contribution in [-0.2, 0) is 27.9 Å². The third-order valence-corrected chi connectivity index (χ3v) is 10.6. The molecule has 1 saturated heterocycles. The summed E-state index contributed by atoms with van der Waals surface area (Å²) in [6.45, 7) is 8.14. The Kier molecular flexibility index (Phi) is 7.07. The maximum atomic E-state index is 14.0. The fourth-order valence-electron chi connectivity index (χ4n) is 6.52. The van der Waals surface area contributed by atoms with Gasteiger partial charge in [0.2, 0.25) is 10.0 Å². The lowest BCUT2D eigenvalue weighted by molar-refractivity contribution is -0.137. The minimum atomic E-state index is -3.73. The Bertz CT molecular complexity index is 1750. The van der Waals surface area contributed by atoms with Gasteiger partial charge in [-0.1, -0.05) is 41.6 Å². The predicted octanol–water partition coefficient (Wildman–Crippen LogP) is 4.85. The number of aryl methyl sites for hydroxylation is 3. The molecule has 3 aromatic carbocycles. The van der Waals surface area contributed by atoms with Gasteiger partial charge in [-0.15, -0.1) is 5.10 Å². The molecule has 10 heteroatoms. The van der Waals surface area contributed by atoms with Crippen LogP contribution >= 0.6 is 0 Å². The summed E-state index contributed by atoms with van der Waals surface area (Å²) in [6.07, 6.45) is 1.89. The number of aromatic nitrogens is 3. The van der Waals surface area contributed by atoms with Crippen LogP contribution in [0.4, 0.5) is 5.69 Å². The zero-order chi connectivity index (χ0) is 28.9. The smallest absolute Gasteiger partial charge is 0.304 e. The first-order chi connectivity index (χ1) is 19.7. The molecule has 3 heterocycles. The van der Waals surface area contributed by atoms with Crippen molar-refractivity contribution in [3.63, 3.8) is 0 Å². The number of carboxylic acids is 1. The molecule has 0 bridgehead atoms. The highest BCUT2D eigenvalue weighted by Gasteiger charge is 2.39. The second-order valence-electron chi connectivity index (χ2n) is 11.1. The van der Waals surface area contributed by atoms with Crippen LogP contribution in [0.3, 0.4) is 0 Å². The Labute approximate surface area is 240 Å². The molecule has 1 fully saturated rings. The number of hydrogen-bond donors (Lipinski definition) is 1. The normalized spacial score (nSPS) is 19.1. The van der Waals surface area contributed by atoms with Crippen LogP contribution in [0, 0.1) is 13.8 Å². The number of carboxylic acid groups (broad SMARTS) is 1. The van der Waals surface area contributed by atoms with E-state index in [2.05, 4.69) is 15.2 Å². The fraction of sp³-hybridized carbons (Fsp3) is 0.387. The molecular formula is C31H35N5O4S. The molecule has 0 spiro atoms. The first-order valence-electron chi connectivity index (χ1n) is 14.2. The molecule has 214 valence electrons. The van der Waals surface area contributed by atoms with Crippen LogP contribution < -0.4 is 4.90 Å². The Morgan fingerprint density at radius 2 is 1.93 bits per heavy atom. The Hall–Kier alpha value is -3.76. The van der Waals surface area contributed by atoms with Crippen LogP contribution in [0.2, 0.25) is 0 Å². The summed E-state index contributed by atoms with van der Waals surface area (Å²) in [4.78, 5) is 14.7. The quantitative estimate of drug-likeness (QED) is 0.337. The summed E-state index contributed by atoms with van der Waals surface area (Å²) in [5.41, 5.74) is 6.95. The summed E-state index contributed by atoms with van der Waals surface area (Å²) < 4.78 is 31.4. The molecule has 6 rings (SSSR count). The van der Waals surface area contributed by atoms with Crippen molar-refractivity contribution in [1.29, 1.82) is 0 Å². The van der Waals surface area contributed by atoms with E-state index in [0.29, 0.717) is 18.0 Å². The number of benzene rings is 3. The monoisotopic (exact) mass is 573 g/mol. The molecule has 2 aliphatic heterocycles. The summed E-state index contributed by atoms with van der Waals surface area (Å²) >= 11 is 0. The lowest BCUT2D eigenvalue weighted by Crippen LogP contribution is -2.39. The molecule has 1 N–H and O–H groups in total. The molecule has 0 amide bonds. The highest BCUT2D eigenvalue weighted by Crippen LogP contribution is 2.39. The zero-order valence-electron chi connectivity index (χ0n) is 23.6. The van der Waals surface area contributed by atoms with E-state index in [0.717, 1.165) is 63.9 Å². The van der Waals surface area contributed by atoms with Crippen LogP contribution in [0.1, 0.15) is 59.9 Å². The molecule has 1 aromatic heterocycles. The molecule has 41 heavy (non-hydrogen) atoms. The summed E-state index contributed by atoms with van der Waals surface area (Å²) in [5, 5.41) is 18.5. The van der Waals surface area contributed by atoms with E-state index in [1.807, 2.05) is 67.9 Å². The van der Waals surface area contributed by atoms with Gasteiger partial charge >= 0.3 is 5.97 Å². The minimum absolute atomic E-state index is 0.0941. The van der Waals surface area contributed by atoms with E-state index in [9.17, 15) is 18.3 Å². The van der Waals surface area contributed by atoms with Crippen LogP contribution in [-0.4, -0.2) is 57.9 Å². The summed E-state index contributed by atoms with van der Waals surface area (Å²) in [6, 6.07) is 17.3. The molecule has 2 atom stereocenters. The average molecular weight is 574 g/mol. The Morgan fingerprint density at radius 1 is 1.12 bits per heavy atom. The Balaban J connectivity index is 1.40. The largest absolute Gasteiger partial charge is 0.481 e. The van der Waals surface area contributed by atoms with Gasteiger partial charge in [0.05, 0.1) is 17.6 Å². The van der Waals surface area contributed by atoms with Crippen molar-refractivity contribution in [2.75, 3.05) is 18.0 Å². The van der Waals surface area contributed by atoms with Gasteiger partial charge in [-0.25, -0.2) is 13.1 Å². The number of sulfonamides is 1. The van der Waals surface area contributed by atoms with Crippen molar-refractivity contribution in [2.45, 2.75) is 70.0 Å². The van der Waals surface area contributed by atoms with Gasteiger partial charge < -0.3 is 10.0 Å². The second kappa shape index (κ2) is 10.6. The van der Waals surface area contributed by atoms with E-state index in [4.69, 9.17) is 0 Å². The van der Waals surface area contributed by atoms with Gasteiger partial charge in [0.1, 0.15) is 10.4 Å². The lowest BCUT2D eigenvalue weighted by atomic mass is 9.84. The maximum absolute atomic E-state index is 14.0. The molecule has 4 aromatic rings. The SMILES string of the molecule is CCn1nnc2c(C)c([C@@H](CC(=O)O)c3ccc(C)c(CN4C[C@@H]5CCCN5c5ccccc5S4(=O)=O)c3)ccc21. The topological polar surface area (TPSA) is 109 Å². The van der Waals surface area contributed by atoms with Gasteiger partial charge in [0.25, 0.3) is 0 Å². The van der Waals surface area contributed by atoms with Crippen molar-refractivity contribution in [2.24, 2.45) is 0 Å². The van der Waals surface area contributed by atoms with Crippen LogP contribution in [0.15, 0.2) is 59.5 Å². The first-order valence-corrected chi connectivity index (χ1v) is 15.6. The summed E-state index contributed by atoms with van der Waals surface area (Å²) in [7, 11) is -3.73. The highest BCUT2D eigenvalue weighted by atomic mass is 32.2. The third-order valence-electron chi connectivity index (χ3n) is 8.74. The number of fused-ring (bicyclic) bond motifs is 4. The molecule has 0 unspecified atom stereocenters. The molecule has 0 radical (unpaired) electrons. The maximum Gasteiger partial charge on any atom is 0.304 e. The van der Waals surface area contributed by atoms with Crippen molar-refractivity contribution in [1.82, 2.24) is 19.3 Å². The predicted molar refractivity (Wildman–Crippen MR) is 158 cm³/mol. The van der Waals surface area contributed by atoms with E-state index < -0.39 is 21.9 Å². The number of anilines is 1. The van der Waals surface area contributed by atoms with Gasteiger partial charge in [0.15, 0.2) is 0 Å². The Morgan fingerprint density at radius 3 is 2.71 bits per heavy atom. The van der Waals surface area contributed by atoms with E-state index >= 15 is 0 Å². The number of para-hydroxylation sites is 1. The number of rotatable bonds is 7. The van der Waals surface area contributed by atoms with Crippen molar-refractivity contribution in [3.05, 3.63) is 82.4 Å². The molecular weight excluding hydrogens is 538 g/mol. The van der Waals surface area contributed by atoms with E-state index in [1.165, 1.54) is 0 Å². The number of aliphatic carboxylic acids is 1. The number of hydrogen-bond acceptors (Lipinski definition) is 6. The zero-order valence-corrected chi connectivity index (χ0v) is 24.4. The van der Waals surface area contributed by atoms with E-state index in [1.54, 1.807) is 16.4 Å². The van der Waals surface area contributed by atoms with Crippen molar-refractivity contribution >= 4 is 32.7 Å². The highest BCUT2D eigenvalue weighted by molar-refractivity contribution is 7.89. The number of carbonyl (C=O) groups is 1. The van der Waals surface area contributed by atoms with Gasteiger partial charge in [-0.2, -0.15) is 4.31 Å². The number of nitrogens with zero attached hydrogens (tertiary/aromatic N) is 5. The molecule has 0 aliphatic carbocycles. The van der Waals surface area contributed by atoms with Crippen molar-refractivity contribution < 1.29 is 18.3 Å². The molecule has 0 saturated carbocycles. The first kappa shape index (κ1) is 27.4. The van der Waals surface area contributed by atoms with Gasteiger partial charge in [-0.3, -0.25) is 4.79 Å². The minimum Gasteiger partial charge on any atom is -0.481 e. The van der Waals surface area contributed by atoms with E-state index in [-0.39, 0.29) is 19.0 Å². The second-order valence-corrected chi connectivity index (χ2v) is 13.1. The van der Waals surface area contributed by atoms with Crippen LogP contribution in [0.5, 0.6) is 0 Å². The molecule has 9 nitrogen and oxygen atoms in total.